The first-order valence-corrected chi connectivity index (χ1v) is 10.1. The molecule has 2 amide bonds. The SMILES string of the molecule is CCOC(=O)N[C@H](C)C(=O)N1CCN(CCCOc2ccc(C(C)=O)cc2)CC1. The quantitative estimate of drug-likeness (QED) is 0.499. The average Bonchev–Trinajstić information content (AvgIpc) is 2.71. The van der Waals surface area contributed by atoms with E-state index in [1.807, 2.05) is 12.1 Å². The predicted molar refractivity (Wildman–Crippen MR) is 109 cm³/mol. The lowest BCUT2D eigenvalue weighted by Gasteiger charge is -2.35. The first-order valence-electron chi connectivity index (χ1n) is 10.1. The van der Waals surface area contributed by atoms with Crippen molar-refractivity contribution in [3.05, 3.63) is 29.8 Å². The second kappa shape index (κ2) is 11.4. The Bertz CT molecular complexity index is 684. The Balaban J connectivity index is 1.63. The largest absolute Gasteiger partial charge is 0.494 e. The Morgan fingerprint density at radius 1 is 1.10 bits per heavy atom. The molecule has 2 rings (SSSR count). The summed E-state index contributed by atoms with van der Waals surface area (Å²) >= 11 is 0. The molecule has 0 aliphatic carbocycles. The average molecular weight is 405 g/mol. The minimum atomic E-state index is -0.594. The number of Topliss-reactive ketones (excluding diaryl/α,β-unsaturated/α-hetero) is 1. The Labute approximate surface area is 172 Å². The van der Waals surface area contributed by atoms with Gasteiger partial charge in [0.05, 0.1) is 13.2 Å². The highest BCUT2D eigenvalue weighted by Crippen LogP contribution is 2.13. The molecule has 1 aliphatic rings. The third-order valence-corrected chi connectivity index (χ3v) is 4.81. The molecule has 8 nitrogen and oxygen atoms in total. The van der Waals surface area contributed by atoms with Crippen molar-refractivity contribution in [1.82, 2.24) is 15.1 Å². The minimum Gasteiger partial charge on any atom is -0.494 e. The molecule has 1 aliphatic heterocycles. The number of nitrogens with one attached hydrogen (secondary N) is 1. The van der Waals surface area contributed by atoms with Crippen molar-refractivity contribution < 1.29 is 23.9 Å². The van der Waals surface area contributed by atoms with Gasteiger partial charge in [0.15, 0.2) is 5.78 Å². The number of benzene rings is 1. The highest BCUT2D eigenvalue weighted by molar-refractivity contribution is 5.94. The van der Waals surface area contributed by atoms with Gasteiger partial charge in [-0.3, -0.25) is 14.5 Å². The van der Waals surface area contributed by atoms with Gasteiger partial charge in [0.2, 0.25) is 5.91 Å². The van der Waals surface area contributed by atoms with Crippen molar-refractivity contribution in [3.63, 3.8) is 0 Å². The molecular formula is C21H31N3O5. The van der Waals surface area contributed by atoms with Gasteiger partial charge in [0, 0.05) is 38.3 Å². The number of ether oxygens (including phenoxy) is 2. The topological polar surface area (TPSA) is 88.2 Å². The predicted octanol–water partition coefficient (Wildman–Crippen LogP) is 1.94. The number of ketones is 1. The lowest BCUT2D eigenvalue weighted by atomic mass is 10.1. The highest BCUT2D eigenvalue weighted by Gasteiger charge is 2.25. The van der Waals surface area contributed by atoms with Gasteiger partial charge in [-0.05, 0) is 51.5 Å². The third kappa shape index (κ3) is 7.38. The van der Waals surface area contributed by atoms with E-state index < -0.39 is 12.1 Å². The Morgan fingerprint density at radius 2 is 1.76 bits per heavy atom. The lowest BCUT2D eigenvalue weighted by molar-refractivity contribution is -0.134. The number of hydrogen-bond donors (Lipinski definition) is 1. The van der Waals surface area contributed by atoms with Crippen LogP contribution in [0.1, 0.15) is 37.6 Å². The zero-order valence-electron chi connectivity index (χ0n) is 17.5. The third-order valence-electron chi connectivity index (χ3n) is 4.81. The summed E-state index contributed by atoms with van der Waals surface area (Å²) < 4.78 is 10.5. The number of carbonyl (C=O) groups excluding carboxylic acids is 3. The lowest BCUT2D eigenvalue weighted by Crippen LogP contribution is -2.54. The van der Waals surface area contributed by atoms with Crippen molar-refractivity contribution in [2.75, 3.05) is 45.9 Å². The van der Waals surface area contributed by atoms with Crippen LogP contribution in [0.5, 0.6) is 5.75 Å². The molecule has 1 saturated heterocycles. The maximum Gasteiger partial charge on any atom is 0.407 e. The minimum absolute atomic E-state index is 0.0419. The summed E-state index contributed by atoms with van der Waals surface area (Å²) in [5.41, 5.74) is 0.677. The second-order valence-electron chi connectivity index (χ2n) is 7.04. The van der Waals surface area contributed by atoms with E-state index in [0.29, 0.717) is 25.3 Å². The van der Waals surface area contributed by atoms with Gasteiger partial charge in [-0.1, -0.05) is 0 Å². The molecule has 29 heavy (non-hydrogen) atoms. The van der Waals surface area contributed by atoms with E-state index in [1.165, 1.54) is 0 Å². The van der Waals surface area contributed by atoms with E-state index in [4.69, 9.17) is 9.47 Å². The summed E-state index contributed by atoms with van der Waals surface area (Å²) in [7, 11) is 0. The molecule has 0 saturated carbocycles. The Morgan fingerprint density at radius 3 is 2.34 bits per heavy atom. The van der Waals surface area contributed by atoms with Crippen molar-refractivity contribution in [2.24, 2.45) is 0 Å². The van der Waals surface area contributed by atoms with Crippen LogP contribution in [-0.4, -0.2) is 79.6 Å². The van der Waals surface area contributed by atoms with Crippen molar-refractivity contribution in [1.29, 1.82) is 0 Å². The van der Waals surface area contributed by atoms with Crippen LogP contribution in [0.3, 0.4) is 0 Å². The molecule has 1 fully saturated rings. The summed E-state index contributed by atoms with van der Waals surface area (Å²) in [5, 5.41) is 2.55. The molecule has 0 spiro atoms. The summed E-state index contributed by atoms with van der Waals surface area (Å²) in [6.07, 6.45) is 0.311. The number of amides is 2. The van der Waals surface area contributed by atoms with Crippen LogP contribution in [0, 0.1) is 0 Å². The molecule has 1 atom stereocenters. The van der Waals surface area contributed by atoms with E-state index in [-0.39, 0.29) is 18.3 Å². The summed E-state index contributed by atoms with van der Waals surface area (Å²) in [6, 6.07) is 6.57. The van der Waals surface area contributed by atoms with Gasteiger partial charge < -0.3 is 19.7 Å². The molecule has 1 aromatic carbocycles. The van der Waals surface area contributed by atoms with Gasteiger partial charge in [-0.15, -0.1) is 0 Å². The van der Waals surface area contributed by atoms with E-state index in [9.17, 15) is 14.4 Å². The first kappa shape index (κ1) is 22.7. The maximum absolute atomic E-state index is 12.4. The fourth-order valence-electron chi connectivity index (χ4n) is 3.14. The normalized spacial score (nSPS) is 15.5. The van der Waals surface area contributed by atoms with E-state index in [1.54, 1.807) is 37.8 Å². The van der Waals surface area contributed by atoms with Crippen LogP contribution in [0.2, 0.25) is 0 Å². The van der Waals surface area contributed by atoms with Crippen LogP contribution in [0.15, 0.2) is 24.3 Å². The molecule has 1 heterocycles. The molecule has 1 N–H and O–H groups in total. The standard InChI is InChI=1S/C21H31N3O5/c1-4-28-21(27)22-16(2)20(26)24-13-11-23(12-14-24)10-5-15-29-19-8-6-18(7-9-19)17(3)25/h6-9,16H,4-5,10-15H2,1-3H3,(H,22,27)/t16-/m1/s1. The van der Waals surface area contributed by atoms with Crippen LogP contribution in [0.25, 0.3) is 0 Å². The van der Waals surface area contributed by atoms with Gasteiger partial charge in [0.25, 0.3) is 0 Å². The summed E-state index contributed by atoms with van der Waals surface area (Å²) in [4.78, 5) is 39.2. The maximum atomic E-state index is 12.4. The van der Waals surface area contributed by atoms with E-state index in [2.05, 4.69) is 10.2 Å². The number of nitrogens with zero attached hydrogens (tertiary/aromatic N) is 2. The fourth-order valence-corrected chi connectivity index (χ4v) is 3.14. The summed E-state index contributed by atoms with van der Waals surface area (Å²) in [5.74, 6) is 0.712. The smallest absolute Gasteiger partial charge is 0.407 e. The van der Waals surface area contributed by atoms with Crippen molar-refractivity contribution in [2.45, 2.75) is 33.2 Å². The van der Waals surface area contributed by atoms with Crippen LogP contribution >= 0.6 is 0 Å². The molecular weight excluding hydrogens is 374 g/mol. The van der Waals surface area contributed by atoms with E-state index in [0.717, 1.165) is 31.8 Å². The number of alkyl carbamates (subject to hydrolysis) is 1. The molecule has 0 aromatic heterocycles. The monoisotopic (exact) mass is 405 g/mol. The van der Waals surface area contributed by atoms with Gasteiger partial charge in [-0.25, -0.2) is 4.79 Å². The van der Waals surface area contributed by atoms with Gasteiger partial charge in [0.1, 0.15) is 11.8 Å². The fraction of sp³-hybridized carbons (Fsp3) is 0.571. The van der Waals surface area contributed by atoms with Crippen molar-refractivity contribution >= 4 is 17.8 Å². The van der Waals surface area contributed by atoms with Crippen LogP contribution in [-0.2, 0) is 9.53 Å². The molecule has 8 heteroatoms. The Hall–Kier alpha value is -2.61. The molecule has 0 radical (unpaired) electrons. The molecule has 1 aromatic rings. The Kier molecular flexibility index (Phi) is 8.92. The highest BCUT2D eigenvalue weighted by atomic mass is 16.5. The molecule has 160 valence electrons. The molecule has 0 bridgehead atoms. The number of hydrogen-bond acceptors (Lipinski definition) is 6. The second-order valence-corrected chi connectivity index (χ2v) is 7.04. The first-order chi connectivity index (χ1) is 13.9. The van der Waals surface area contributed by atoms with Gasteiger partial charge >= 0.3 is 6.09 Å². The van der Waals surface area contributed by atoms with Crippen LogP contribution in [0.4, 0.5) is 4.79 Å². The zero-order valence-corrected chi connectivity index (χ0v) is 17.5. The number of carbonyl (C=O) groups is 3. The number of rotatable bonds is 9. The van der Waals surface area contributed by atoms with E-state index >= 15 is 0 Å². The molecule has 0 unspecified atom stereocenters. The van der Waals surface area contributed by atoms with Crippen molar-refractivity contribution in [3.8, 4) is 5.75 Å². The number of piperazine rings is 1. The zero-order chi connectivity index (χ0) is 21.2. The van der Waals surface area contributed by atoms with Crippen LogP contribution < -0.4 is 10.1 Å². The van der Waals surface area contributed by atoms with Gasteiger partial charge in [-0.2, -0.15) is 0 Å². The summed E-state index contributed by atoms with van der Waals surface area (Å²) in [6.45, 7) is 9.58.